The molecule has 0 amide bonds. The van der Waals surface area contributed by atoms with Crippen LogP contribution in [-0.4, -0.2) is 15.3 Å². The van der Waals surface area contributed by atoms with Gasteiger partial charge in [-0.25, -0.2) is 9.59 Å². The van der Waals surface area contributed by atoms with E-state index in [1.165, 1.54) is 49.3 Å². The molecule has 1 heterocycles. The molecule has 0 aliphatic rings. The van der Waals surface area contributed by atoms with Crippen molar-refractivity contribution in [2.24, 2.45) is 13.0 Å². The highest BCUT2D eigenvalue weighted by Gasteiger charge is 2.20. The minimum atomic E-state index is -0.355. The van der Waals surface area contributed by atoms with Crippen molar-refractivity contribution in [3.05, 3.63) is 35.5 Å². The number of carbonyl (C=O) groups is 1. The van der Waals surface area contributed by atoms with Crippen molar-refractivity contribution >= 4 is 5.97 Å². The van der Waals surface area contributed by atoms with Gasteiger partial charge in [0, 0.05) is 13.2 Å². The molecule has 0 saturated carbocycles. The van der Waals surface area contributed by atoms with E-state index in [1.54, 1.807) is 19.3 Å². The van der Waals surface area contributed by atoms with Crippen LogP contribution in [-0.2, 0) is 11.8 Å². The summed E-state index contributed by atoms with van der Waals surface area (Å²) in [5.74, 6) is -0.583. The van der Waals surface area contributed by atoms with Crippen molar-refractivity contribution in [2.75, 3.05) is 0 Å². The fourth-order valence-corrected chi connectivity index (χ4v) is 2.74. The molecule has 1 aromatic heterocycles. The van der Waals surface area contributed by atoms with Gasteiger partial charge in [-0.3, -0.25) is 4.57 Å². The van der Waals surface area contributed by atoms with E-state index >= 15 is 0 Å². The molecule has 5 nitrogen and oxygen atoms in total. The van der Waals surface area contributed by atoms with Gasteiger partial charge in [0.05, 0.1) is 12.1 Å². The molecular weight excluding hydrogens is 304 g/mol. The Morgan fingerprint density at radius 2 is 1.79 bits per heavy atom. The van der Waals surface area contributed by atoms with Gasteiger partial charge in [-0.2, -0.15) is 0 Å². The molecule has 1 unspecified atom stereocenters. The molecule has 1 rings (SSSR count). The highest BCUT2D eigenvalue weighted by atomic mass is 16.7. The lowest BCUT2D eigenvalue weighted by atomic mass is 9.97. The first kappa shape index (κ1) is 20.3. The number of nitrogens with zero attached hydrogens (tertiary/aromatic N) is 2. The Kier molecular flexibility index (Phi) is 9.89. The largest absolute Gasteiger partial charge is 0.361 e. The zero-order valence-corrected chi connectivity index (χ0v) is 15.2. The van der Waals surface area contributed by atoms with E-state index in [1.807, 2.05) is 0 Å². The first-order valence-electron chi connectivity index (χ1n) is 9.17. The molecule has 0 N–H and O–H groups in total. The predicted molar refractivity (Wildman–Crippen MR) is 96.8 cm³/mol. The Morgan fingerprint density at radius 1 is 1.17 bits per heavy atom. The van der Waals surface area contributed by atoms with Crippen LogP contribution in [0.15, 0.2) is 29.8 Å². The van der Waals surface area contributed by atoms with Crippen LogP contribution in [0.1, 0.15) is 71.1 Å². The maximum atomic E-state index is 12.3. The normalized spacial score (nSPS) is 12.1. The first-order valence-corrected chi connectivity index (χ1v) is 9.17. The molecule has 136 valence electrons. The predicted octanol–water partition coefficient (Wildman–Crippen LogP) is 3.87. The van der Waals surface area contributed by atoms with E-state index in [9.17, 15) is 9.59 Å². The molecule has 0 aromatic carbocycles. The van der Waals surface area contributed by atoms with Crippen molar-refractivity contribution in [1.29, 1.82) is 0 Å². The number of hydrogen-bond acceptors (Lipinski definition) is 3. The number of hydrogen-bond donors (Lipinski definition) is 0. The molecule has 1 aromatic rings. The SMILES string of the molecule is C=CCC(CCCCCCCCCC)C(=O)On1ccn(C)c1=O. The van der Waals surface area contributed by atoms with Crippen molar-refractivity contribution in [1.82, 2.24) is 9.30 Å². The minimum Gasteiger partial charge on any atom is -0.332 e. The molecule has 0 saturated heterocycles. The monoisotopic (exact) mass is 336 g/mol. The third-order valence-corrected chi connectivity index (χ3v) is 4.29. The third-order valence-electron chi connectivity index (χ3n) is 4.29. The fourth-order valence-electron chi connectivity index (χ4n) is 2.74. The second kappa shape index (κ2) is 11.7. The summed E-state index contributed by atoms with van der Waals surface area (Å²) in [6.45, 7) is 5.94. The van der Waals surface area contributed by atoms with Gasteiger partial charge in [-0.15, -0.1) is 11.3 Å². The van der Waals surface area contributed by atoms with Crippen LogP contribution in [0.5, 0.6) is 0 Å². The molecule has 1 atom stereocenters. The van der Waals surface area contributed by atoms with Crippen molar-refractivity contribution < 1.29 is 9.63 Å². The summed E-state index contributed by atoms with van der Waals surface area (Å²) < 4.78 is 2.36. The van der Waals surface area contributed by atoms with Gasteiger partial charge >= 0.3 is 11.7 Å². The highest BCUT2D eigenvalue weighted by molar-refractivity contribution is 5.72. The summed E-state index contributed by atoms with van der Waals surface area (Å²) in [5.41, 5.74) is -0.354. The molecule has 24 heavy (non-hydrogen) atoms. The number of aryl methyl sites for hydroxylation is 1. The Hall–Kier alpha value is -1.78. The summed E-state index contributed by atoms with van der Waals surface area (Å²) in [7, 11) is 1.62. The standard InChI is InChI=1S/C19H32N2O3/c1-4-6-7-8-9-10-11-12-14-17(13-5-2)18(22)24-21-16-15-20(3)19(21)23/h5,15-17H,2,4,6-14H2,1,3H3. The van der Waals surface area contributed by atoms with Gasteiger partial charge in [-0.1, -0.05) is 64.4 Å². The zero-order chi connectivity index (χ0) is 17.8. The Morgan fingerprint density at radius 3 is 2.33 bits per heavy atom. The molecule has 0 bridgehead atoms. The maximum Gasteiger partial charge on any atom is 0.361 e. The second-order valence-electron chi connectivity index (χ2n) is 6.41. The maximum absolute atomic E-state index is 12.3. The quantitative estimate of drug-likeness (QED) is 0.406. The molecule has 0 fully saturated rings. The van der Waals surface area contributed by atoms with Crippen LogP contribution in [0.4, 0.5) is 0 Å². The lowest BCUT2D eigenvalue weighted by Gasteiger charge is -2.13. The Labute approximate surface area is 145 Å². The smallest absolute Gasteiger partial charge is 0.332 e. The van der Waals surface area contributed by atoms with E-state index in [4.69, 9.17) is 4.84 Å². The van der Waals surface area contributed by atoms with Crippen LogP contribution in [0.25, 0.3) is 0 Å². The lowest BCUT2D eigenvalue weighted by Crippen LogP contribution is -2.34. The highest BCUT2D eigenvalue weighted by Crippen LogP contribution is 2.17. The number of allylic oxidation sites excluding steroid dienone is 1. The number of carbonyl (C=O) groups excluding carboxylic acids is 1. The summed E-state index contributed by atoms with van der Waals surface area (Å²) >= 11 is 0. The Bertz CT molecular complexity index is 545. The number of rotatable bonds is 13. The Balaban J connectivity index is 2.32. The number of imidazole rings is 1. The van der Waals surface area contributed by atoms with E-state index < -0.39 is 0 Å². The van der Waals surface area contributed by atoms with E-state index in [-0.39, 0.29) is 17.6 Å². The third kappa shape index (κ3) is 7.20. The van der Waals surface area contributed by atoms with Crippen molar-refractivity contribution in [3.63, 3.8) is 0 Å². The van der Waals surface area contributed by atoms with Crippen LogP contribution in [0, 0.1) is 5.92 Å². The lowest BCUT2D eigenvalue weighted by molar-refractivity contribution is -0.149. The summed E-state index contributed by atoms with van der Waals surface area (Å²) in [6, 6.07) is 0. The van der Waals surface area contributed by atoms with E-state index in [0.717, 1.165) is 24.0 Å². The summed E-state index contributed by atoms with van der Waals surface area (Å²) in [5, 5.41) is 0. The topological polar surface area (TPSA) is 53.2 Å². The van der Waals surface area contributed by atoms with Gasteiger partial charge in [0.1, 0.15) is 0 Å². The number of unbranched alkanes of at least 4 members (excludes halogenated alkanes) is 7. The van der Waals surface area contributed by atoms with Crippen LogP contribution in [0.2, 0.25) is 0 Å². The average molecular weight is 336 g/mol. The van der Waals surface area contributed by atoms with Gasteiger partial charge < -0.3 is 4.84 Å². The van der Waals surface area contributed by atoms with Gasteiger partial charge in [0.2, 0.25) is 0 Å². The van der Waals surface area contributed by atoms with E-state index in [2.05, 4.69) is 13.5 Å². The summed E-state index contributed by atoms with van der Waals surface area (Å²) in [6.07, 6.45) is 16.0. The first-order chi connectivity index (χ1) is 11.6. The fraction of sp³-hybridized carbons (Fsp3) is 0.684. The summed E-state index contributed by atoms with van der Waals surface area (Å²) in [4.78, 5) is 29.2. The average Bonchev–Trinajstić information content (AvgIpc) is 2.88. The second-order valence-corrected chi connectivity index (χ2v) is 6.41. The van der Waals surface area contributed by atoms with Crippen molar-refractivity contribution in [2.45, 2.75) is 71.1 Å². The zero-order valence-electron chi connectivity index (χ0n) is 15.2. The molecule has 0 radical (unpaired) electrons. The van der Waals surface area contributed by atoms with Crippen LogP contribution in [0.3, 0.4) is 0 Å². The van der Waals surface area contributed by atoms with Gasteiger partial charge in [0.15, 0.2) is 0 Å². The molecule has 0 aliphatic heterocycles. The van der Waals surface area contributed by atoms with Gasteiger partial charge in [-0.05, 0) is 12.8 Å². The van der Waals surface area contributed by atoms with Crippen molar-refractivity contribution in [3.8, 4) is 0 Å². The van der Waals surface area contributed by atoms with Gasteiger partial charge in [0.25, 0.3) is 0 Å². The van der Waals surface area contributed by atoms with E-state index in [0.29, 0.717) is 6.42 Å². The van der Waals surface area contributed by atoms with Crippen LogP contribution >= 0.6 is 0 Å². The van der Waals surface area contributed by atoms with Crippen LogP contribution < -0.4 is 10.5 Å². The molecular formula is C19H32N2O3. The molecule has 0 aliphatic carbocycles. The minimum absolute atomic E-state index is 0.227. The molecule has 5 heteroatoms. The number of aromatic nitrogens is 2. The molecule has 0 spiro atoms.